The molecule has 0 aromatic heterocycles. The lowest BCUT2D eigenvalue weighted by atomic mass is 9.53. The van der Waals surface area contributed by atoms with E-state index in [1.54, 1.807) is 0 Å². The first kappa shape index (κ1) is 6.64. The molecule has 0 radical (unpaired) electrons. The van der Waals surface area contributed by atoms with Gasteiger partial charge in [-0.05, 0) is 12.8 Å². The van der Waals surface area contributed by atoms with Crippen LogP contribution in [-0.4, -0.2) is 25.0 Å². The molecule has 2 aliphatic heterocycles. The fourth-order valence-electron chi connectivity index (χ4n) is 1.79. The molecule has 0 unspecified atom stereocenters. The Bertz CT molecular complexity index is 93.6. The van der Waals surface area contributed by atoms with Crippen LogP contribution in [0.3, 0.4) is 0 Å². The number of hydrazine groups is 2. The van der Waals surface area contributed by atoms with Gasteiger partial charge in [0.2, 0.25) is 0 Å². The Morgan fingerprint density at radius 3 is 2.10 bits per heavy atom. The molecular weight excluding hydrogens is 125 g/mol. The molecule has 0 aliphatic carbocycles. The van der Waals surface area contributed by atoms with E-state index in [1.807, 2.05) is 0 Å². The van der Waals surface area contributed by atoms with Crippen molar-refractivity contribution < 1.29 is 0 Å². The van der Waals surface area contributed by atoms with Crippen LogP contribution < -0.4 is 10.9 Å². The molecule has 56 valence electrons. The maximum absolute atomic E-state index is 3.34. The molecule has 2 fully saturated rings. The first-order valence-electron chi connectivity index (χ1n) is 4.23. The molecule has 2 N–H and O–H groups in total. The molecule has 0 atom stereocenters. The van der Waals surface area contributed by atoms with Crippen LogP contribution in [0.5, 0.6) is 0 Å². The number of fused-ring (bicyclic) bond motifs is 1. The smallest absolute Gasteiger partial charge is 0.253 e. The van der Waals surface area contributed by atoms with Gasteiger partial charge in [0.15, 0.2) is 0 Å². The van der Waals surface area contributed by atoms with Crippen molar-refractivity contribution in [2.24, 2.45) is 0 Å². The highest BCUT2D eigenvalue weighted by Gasteiger charge is 2.28. The first-order valence-corrected chi connectivity index (χ1v) is 4.23. The molecule has 2 saturated heterocycles. The van der Waals surface area contributed by atoms with Crippen molar-refractivity contribution in [1.82, 2.24) is 15.9 Å². The van der Waals surface area contributed by atoms with E-state index < -0.39 is 0 Å². The van der Waals surface area contributed by atoms with Gasteiger partial charge in [-0.2, -0.15) is 0 Å². The summed E-state index contributed by atoms with van der Waals surface area (Å²) < 4.78 is 0. The standard InChI is InChI=1S/C6H14BN3/c1-3-7-4-2-6-9-10(7)8-5-1/h8-9H,1-6H2. The molecule has 0 spiro atoms. The molecule has 0 aromatic carbocycles. The van der Waals surface area contributed by atoms with Crippen molar-refractivity contribution >= 4 is 6.85 Å². The minimum atomic E-state index is 0.766. The van der Waals surface area contributed by atoms with Gasteiger partial charge in [-0.25, -0.2) is 5.03 Å². The summed E-state index contributed by atoms with van der Waals surface area (Å²) in [6.45, 7) is 3.05. The molecule has 10 heavy (non-hydrogen) atoms. The second kappa shape index (κ2) is 2.90. The zero-order valence-electron chi connectivity index (χ0n) is 6.27. The summed E-state index contributed by atoms with van der Waals surface area (Å²) in [7, 11) is 0. The summed E-state index contributed by atoms with van der Waals surface area (Å²) >= 11 is 0. The Balaban J connectivity index is 1.93. The van der Waals surface area contributed by atoms with E-state index in [-0.39, 0.29) is 0 Å². The van der Waals surface area contributed by atoms with Crippen LogP contribution in [0, 0.1) is 0 Å². The van der Waals surface area contributed by atoms with Crippen LogP contribution >= 0.6 is 0 Å². The number of hydrogen-bond donors (Lipinski definition) is 2. The molecule has 4 heteroatoms. The third-order valence-electron chi connectivity index (χ3n) is 2.36. The Morgan fingerprint density at radius 2 is 1.60 bits per heavy atom. The van der Waals surface area contributed by atoms with Crippen LogP contribution in [0.2, 0.25) is 12.6 Å². The normalized spacial score (nSPS) is 28.2. The summed E-state index contributed by atoms with van der Waals surface area (Å²) in [5, 5.41) is 2.20. The summed E-state index contributed by atoms with van der Waals surface area (Å²) in [5.41, 5.74) is 6.69. The van der Waals surface area contributed by atoms with Gasteiger partial charge in [0.05, 0.1) is 0 Å². The number of rotatable bonds is 0. The fraction of sp³-hybridized carbons (Fsp3) is 1.00. The summed E-state index contributed by atoms with van der Waals surface area (Å²) in [6, 6.07) is 0. The van der Waals surface area contributed by atoms with Gasteiger partial charge in [0.25, 0.3) is 6.85 Å². The van der Waals surface area contributed by atoms with Crippen molar-refractivity contribution in [1.29, 1.82) is 0 Å². The average molecular weight is 139 g/mol. The summed E-state index contributed by atoms with van der Waals surface area (Å²) in [6.07, 6.45) is 5.39. The molecular formula is C6H14BN3. The second-order valence-corrected chi connectivity index (χ2v) is 3.12. The lowest BCUT2D eigenvalue weighted by Crippen LogP contribution is -2.61. The Morgan fingerprint density at radius 1 is 1.00 bits per heavy atom. The lowest BCUT2D eigenvalue weighted by Gasteiger charge is -2.37. The van der Waals surface area contributed by atoms with E-state index in [0.29, 0.717) is 0 Å². The van der Waals surface area contributed by atoms with Crippen LogP contribution in [0.25, 0.3) is 0 Å². The first-order chi connectivity index (χ1) is 4.97. The topological polar surface area (TPSA) is 27.3 Å². The van der Waals surface area contributed by atoms with Crippen molar-refractivity contribution in [2.45, 2.75) is 25.5 Å². The van der Waals surface area contributed by atoms with E-state index in [9.17, 15) is 0 Å². The lowest BCUT2D eigenvalue weighted by molar-refractivity contribution is 0.201. The fourth-order valence-corrected chi connectivity index (χ4v) is 1.79. The second-order valence-electron chi connectivity index (χ2n) is 3.12. The number of nitrogens with zero attached hydrogens (tertiary/aromatic N) is 1. The molecule has 2 aliphatic rings. The molecule has 0 aromatic rings. The van der Waals surface area contributed by atoms with Gasteiger partial charge in [-0.3, -0.25) is 10.9 Å². The maximum atomic E-state index is 3.34. The largest absolute Gasteiger partial charge is 0.262 e. The highest BCUT2D eigenvalue weighted by molar-refractivity contribution is 6.55. The zero-order chi connectivity index (χ0) is 6.81. The summed E-state index contributed by atoms with van der Waals surface area (Å²) in [5.74, 6) is 0. The van der Waals surface area contributed by atoms with E-state index in [4.69, 9.17) is 0 Å². The Labute approximate surface area is 62.2 Å². The van der Waals surface area contributed by atoms with E-state index in [1.165, 1.54) is 25.5 Å². The van der Waals surface area contributed by atoms with Crippen molar-refractivity contribution in [3.8, 4) is 0 Å². The predicted octanol–water partition coefficient (Wildman–Crippen LogP) is 0.0965. The van der Waals surface area contributed by atoms with Gasteiger partial charge in [-0.15, -0.1) is 0 Å². The molecule has 0 bridgehead atoms. The monoisotopic (exact) mass is 139 g/mol. The third-order valence-corrected chi connectivity index (χ3v) is 2.36. The number of nitrogens with one attached hydrogen (secondary N) is 2. The maximum Gasteiger partial charge on any atom is 0.262 e. The Hall–Kier alpha value is -0.0551. The number of hydrogen-bond acceptors (Lipinski definition) is 3. The van der Waals surface area contributed by atoms with Crippen molar-refractivity contribution in [2.75, 3.05) is 13.1 Å². The van der Waals surface area contributed by atoms with Crippen molar-refractivity contribution in [3.05, 3.63) is 0 Å². The summed E-state index contributed by atoms with van der Waals surface area (Å²) in [4.78, 5) is 0. The molecule has 0 amide bonds. The molecule has 0 saturated carbocycles. The Kier molecular flexibility index (Phi) is 1.93. The van der Waals surface area contributed by atoms with Gasteiger partial charge in [0, 0.05) is 13.1 Å². The van der Waals surface area contributed by atoms with Crippen LogP contribution in [-0.2, 0) is 0 Å². The van der Waals surface area contributed by atoms with Crippen LogP contribution in [0.4, 0.5) is 0 Å². The quantitative estimate of drug-likeness (QED) is 0.466. The van der Waals surface area contributed by atoms with Gasteiger partial charge >= 0.3 is 0 Å². The van der Waals surface area contributed by atoms with Crippen molar-refractivity contribution in [3.63, 3.8) is 0 Å². The third kappa shape index (κ3) is 1.19. The van der Waals surface area contributed by atoms with E-state index >= 15 is 0 Å². The predicted molar refractivity (Wildman–Crippen MR) is 42.4 cm³/mol. The average Bonchev–Trinajstić information content (AvgIpc) is 2.05. The highest BCUT2D eigenvalue weighted by Crippen LogP contribution is 2.14. The van der Waals surface area contributed by atoms with Gasteiger partial charge in [0.1, 0.15) is 0 Å². The zero-order valence-corrected chi connectivity index (χ0v) is 6.27. The minimum absolute atomic E-state index is 0.766. The van der Waals surface area contributed by atoms with Gasteiger partial charge in [-0.1, -0.05) is 12.6 Å². The van der Waals surface area contributed by atoms with Crippen LogP contribution in [0.15, 0.2) is 0 Å². The van der Waals surface area contributed by atoms with Crippen LogP contribution in [0.1, 0.15) is 12.8 Å². The minimum Gasteiger partial charge on any atom is -0.253 e. The van der Waals surface area contributed by atoms with E-state index in [2.05, 4.69) is 15.9 Å². The highest BCUT2D eigenvalue weighted by atomic mass is 15.7. The molecule has 3 nitrogen and oxygen atoms in total. The molecule has 2 rings (SSSR count). The molecule has 2 heterocycles. The van der Waals surface area contributed by atoms with E-state index in [0.717, 1.165) is 19.9 Å². The van der Waals surface area contributed by atoms with Gasteiger partial charge < -0.3 is 0 Å². The SMILES string of the molecule is C1CNN2NCCCB2C1.